The molecule has 0 amide bonds. The Kier molecular flexibility index (Phi) is 12.2. The van der Waals surface area contributed by atoms with Crippen molar-refractivity contribution < 1.29 is 0 Å². The molecule has 104 valence electrons. The van der Waals surface area contributed by atoms with E-state index in [1.54, 1.807) is 0 Å². The van der Waals surface area contributed by atoms with Gasteiger partial charge in [-0.25, -0.2) is 0 Å². The predicted molar refractivity (Wildman–Crippen MR) is 75.6 cm³/mol. The fourth-order valence-electron chi connectivity index (χ4n) is 2.08. The predicted octanol–water partition coefficient (Wildman–Crippen LogP) is 1.07. The lowest BCUT2D eigenvalue weighted by Gasteiger charge is -2.17. The van der Waals surface area contributed by atoms with E-state index in [2.05, 4.69) is 0 Å². The zero-order chi connectivity index (χ0) is 12.9. The molecule has 0 aliphatic heterocycles. The maximum absolute atomic E-state index is 6.06. The molecule has 0 saturated heterocycles. The van der Waals surface area contributed by atoms with Crippen LogP contribution in [0.4, 0.5) is 0 Å². The molecule has 0 aliphatic rings. The van der Waals surface area contributed by atoms with Crippen LogP contribution >= 0.6 is 0 Å². The largest absolute Gasteiger partial charge is 0.330 e. The van der Waals surface area contributed by atoms with Crippen LogP contribution < -0.4 is 22.9 Å². The third-order valence-corrected chi connectivity index (χ3v) is 3.16. The summed E-state index contributed by atoms with van der Waals surface area (Å²) in [6, 6.07) is 0.523. The third-order valence-electron chi connectivity index (χ3n) is 3.16. The molecule has 0 bridgehead atoms. The van der Waals surface area contributed by atoms with Crippen LogP contribution in [0.25, 0.3) is 0 Å². The summed E-state index contributed by atoms with van der Waals surface area (Å²) in [4.78, 5) is 0. The van der Waals surface area contributed by atoms with Crippen LogP contribution in [0.1, 0.15) is 57.8 Å². The Balaban J connectivity index is 3.35. The Bertz CT molecular complexity index is 136. The molecular weight excluding hydrogens is 212 g/mol. The second kappa shape index (κ2) is 12.3. The summed E-state index contributed by atoms with van der Waals surface area (Å²) in [7, 11) is 0. The number of nitrogens with two attached hydrogens (primary N) is 4. The SMILES string of the molecule is NCCCCCC(N)CC(N)CCCCCN. The molecule has 2 atom stereocenters. The highest BCUT2D eigenvalue weighted by molar-refractivity contribution is 4.71. The number of hydrogen-bond acceptors (Lipinski definition) is 4. The zero-order valence-corrected chi connectivity index (χ0v) is 11.2. The lowest BCUT2D eigenvalue weighted by Crippen LogP contribution is -2.31. The first-order valence-electron chi connectivity index (χ1n) is 7.12. The van der Waals surface area contributed by atoms with Gasteiger partial charge in [0.05, 0.1) is 0 Å². The smallest absolute Gasteiger partial charge is 0.00535 e. The Hall–Kier alpha value is -0.160. The molecule has 4 nitrogen and oxygen atoms in total. The summed E-state index contributed by atoms with van der Waals surface area (Å²) in [5.41, 5.74) is 23.0. The van der Waals surface area contributed by atoms with Crippen LogP contribution in [0.5, 0.6) is 0 Å². The minimum atomic E-state index is 0.261. The average Bonchev–Trinajstić information content (AvgIpc) is 2.30. The number of unbranched alkanes of at least 4 members (excludes halogenated alkanes) is 4. The molecule has 0 aliphatic carbocycles. The first kappa shape index (κ1) is 16.8. The summed E-state index contributed by atoms with van der Waals surface area (Å²) in [5, 5.41) is 0. The molecule has 0 heterocycles. The maximum Gasteiger partial charge on any atom is 0.00535 e. The van der Waals surface area contributed by atoms with Gasteiger partial charge in [0.1, 0.15) is 0 Å². The molecule has 4 heteroatoms. The Morgan fingerprint density at radius 1 is 0.588 bits per heavy atom. The number of hydrogen-bond donors (Lipinski definition) is 4. The van der Waals surface area contributed by atoms with Gasteiger partial charge >= 0.3 is 0 Å². The summed E-state index contributed by atoms with van der Waals surface area (Å²) >= 11 is 0. The molecule has 0 aromatic rings. The Morgan fingerprint density at radius 2 is 1.00 bits per heavy atom. The lowest BCUT2D eigenvalue weighted by atomic mass is 9.98. The van der Waals surface area contributed by atoms with Gasteiger partial charge in [-0.05, 0) is 45.2 Å². The average molecular weight is 244 g/mol. The fraction of sp³-hybridized carbons (Fsp3) is 1.00. The van der Waals surface area contributed by atoms with Crippen molar-refractivity contribution in [1.29, 1.82) is 0 Å². The van der Waals surface area contributed by atoms with Crippen LogP contribution in [-0.2, 0) is 0 Å². The van der Waals surface area contributed by atoms with Crippen molar-refractivity contribution in [2.75, 3.05) is 13.1 Å². The van der Waals surface area contributed by atoms with Gasteiger partial charge in [-0.15, -0.1) is 0 Å². The van der Waals surface area contributed by atoms with Gasteiger partial charge in [0.2, 0.25) is 0 Å². The highest BCUT2D eigenvalue weighted by atomic mass is 14.7. The van der Waals surface area contributed by atoms with E-state index in [9.17, 15) is 0 Å². The van der Waals surface area contributed by atoms with E-state index in [0.29, 0.717) is 0 Å². The summed E-state index contributed by atoms with van der Waals surface area (Å²) in [6.45, 7) is 1.58. The monoisotopic (exact) mass is 244 g/mol. The molecule has 8 N–H and O–H groups in total. The molecule has 0 radical (unpaired) electrons. The van der Waals surface area contributed by atoms with E-state index in [1.807, 2.05) is 0 Å². The molecule has 0 rings (SSSR count). The first-order valence-corrected chi connectivity index (χ1v) is 7.12. The molecule has 2 unspecified atom stereocenters. The van der Waals surface area contributed by atoms with Crippen molar-refractivity contribution in [2.45, 2.75) is 69.9 Å². The summed E-state index contributed by atoms with van der Waals surface area (Å²) in [6.07, 6.45) is 10.1. The van der Waals surface area contributed by atoms with Crippen LogP contribution in [-0.4, -0.2) is 25.2 Å². The zero-order valence-electron chi connectivity index (χ0n) is 11.2. The topological polar surface area (TPSA) is 104 Å². The van der Waals surface area contributed by atoms with Gasteiger partial charge in [0.15, 0.2) is 0 Å². The van der Waals surface area contributed by atoms with Gasteiger partial charge in [-0.1, -0.05) is 25.7 Å². The van der Waals surface area contributed by atoms with E-state index in [-0.39, 0.29) is 12.1 Å². The van der Waals surface area contributed by atoms with Gasteiger partial charge in [0.25, 0.3) is 0 Å². The van der Waals surface area contributed by atoms with Gasteiger partial charge < -0.3 is 22.9 Å². The quantitative estimate of drug-likeness (QED) is 0.385. The minimum Gasteiger partial charge on any atom is -0.330 e. The van der Waals surface area contributed by atoms with Crippen molar-refractivity contribution >= 4 is 0 Å². The normalized spacial score (nSPS) is 14.8. The summed E-state index contributed by atoms with van der Waals surface area (Å²) < 4.78 is 0. The van der Waals surface area contributed by atoms with E-state index in [1.165, 1.54) is 25.7 Å². The van der Waals surface area contributed by atoms with Crippen LogP contribution in [0.15, 0.2) is 0 Å². The van der Waals surface area contributed by atoms with Crippen molar-refractivity contribution in [3.05, 3.63) is 0 Å². The van der Waals surface area contributed by atoms with Crippen molar-refractivity contribution in [3.63, 3.8) is 0 Å². The minimum absolute atomic E-state index is 0.261. The lowest BCUT2D eigenvalue weighted by molar-refractivity contribution is 0.446. The second-order valence-corrected chi connectivity index (χ2v) is 5.03. The maximum atomic E-state index is 6.06. The van der Waals surface area contributed by atoms with Gasteiger partial charge in [-0.2, -0.15) is 0 Å². The van der Waals surface area contributed by atoms with Crippen LogP contribution in [0.2, 0.25) is 0 Å². The summed E-state index contributed by atoms with van der Waals surface area (Å²) in [5.74, 6) is 0. The molecule has 0 spiro atoms. The first-order chi connectivity index (χ1) is 8.20. The third kappa shape index (κ3) is 12.1. The van der Waals surface area contributed by atoms with E-state index in [0.717, 1.165) is 45.2 Å². The fourth-order valence-corrected chi connectivity index (χ4v) is 2.08. The van der Waals surface area contributed by atoms with E-state index in [4.69, 9.17) is 22.9 Å². The Morgan fingerprint density at radius 3 is 1.35 bits per heavy atom. The van der Waals surface area contributed by atoms with Gasteiger partial charge in [-0.3, -0.25) is 0 Å². The van der Waals surface area contributed by atoms with E-state index < -0.39 is 0 Å². The van der Waals surface area contributed by atoms with Gasteiger partial charge in [0, 0.05) is 12.1 Å². The van der Waals surface area contributed by atoms with E-state index >= 15 is 0 Å². The van der Waals surface area contributed by atoms with Crippen molar-refractivity contribution in [2.24, 2.45) is 22.9 Å². The molecule has 0 aromatic heterocycles. The van der Waals surface area contributed by atoms with Crippen LogP contribution in [0, 0.1) is 0 Å². The second-order valence-electron chi connectivity index (χ2n) is 5.03. The molecule has 0 aromatic carbocycles. The van der Waals surface area contributed by atoms with Crippen LogP contribution in [0.3, 0.4) is 0 Å². The molecule has 17 heavy (non-hydrogen) atoms. The standard InChI is InChI=1S/C13H32N4/c14-9-5-1-3-7-12(16)11-13(17)8-4-2-6-10-15/h12-13H,1-11,14-17H2. The highest BCUT2D eigenvalue weighted by Crippen LogP contribution is 2.10. The molecular formula is C13H32N4. The van der Waals surface area contributed by atoms with Crippen molar-refractivity contribution in [3.8, 4) is 0 Å². The number of rotatable bonds is 12. The molecule has 0 saturated carbocycles. The highest BCUT2D eigenvalue weighted by Gasteiger charge is 2.08. The molecule has 0 fully saturated rings. The van der Waals surface area contributed by atoms with Crippen molar-refractivity contribution in [1.82, 2.24) is 0 Å². The Labute approximate surface area is 106 Å².